The molecule has 0 aliphatic carbocycles. The molecule has 1 N–H and O–H groups in total. The van der Waals surface area contributed by atoms with E-state index in [2.05, 4.69) is 15.5 Å². The van der Waals surface area contributed by atoms with Gasteiger partial charge in [0, 0.05) is 12.1 Å². The molecule has 1 amide bonds. The summed E-state index contributed by atoms with van der Waals surface area (Å²) in [6, 6.07) is 11.2. The molecule has 4 rings (SSSR count). The zero-order chi connectivity index (χ0) is 19.5. The number of nitrogens with zero attached hydrogens (tertiary/aromatic N) is 3. The van der Waals surface area contributed by atoms with Crippen LogP contribution in [0, 0.1) is 10.1 Å². The van der Waals surface area contributed by atoms with Crippen molar-refractivity contribution in [1.82, 2.24) is 10.2 Å². The SMILES string of the molecule is O=C(Cc1ccc([N+](=O)[O-])cc1)Nc1nnc(Cc2ccc3c(c2)OCO3)o1. The zero-order valence-electron chi connectivity index (χ0n) is 14.5. The molecule has 1 aromatic heterocycles. The van der Waals surface area contributed by atoms with Gasteiger partial charge in [0.2, 0.25) is 18.6 Å². The molecule has 2 aromatic carbocycles. The van der Waals surface area contributed by atoms with Gasteiger partial charge in [-0.2, -0.15) is 0 Å². The molecule has 10 heteroatoms. The van der Waals surface area contributed by atoms with Gasteiger partial charge < -0.3 is 13.9 Å². The van der Waals surface area contributed by atoms with E-state index in [1.807, 2.05) is 12.1 Å². The van der Waals surface area contributed by atoms with E-state index in [0.717, 1.165) is 5.56 Å². The first-order chi connectivity index (χ1) is 13.6. The van der Waals surface area contributed by atoms with Gasteiger partial charge in [-0.3, -0.25) is 20.2 Å². The van der Waals surface area contributed by atoms with Crippen LogP contribution in [0.4, 0.5) is 11.7 Å². The quantitative estimate of drug-likeness (QED) is 0.508. The predicted octanol–water partition coefficient (Wildman–Crippen LogP) is 2.48. The van der Waals surface area contributed by atoms with Crippen molar-refractivity contribution in [3.63, 3.8) is 0 Å². The molecule has 0 saturated heterocycles. The highest BCUT2D eigenvalue weighted by atomic mass is 16.7. The van der Waals surface area contributed by atoms with Crippen molar-refractivity contribution >= 4 is 17.6 Å². The Hall–Kier alpha value is -3.95. The van der Waals surface area contributed by atoms with Crippen molar-refractivity contribution in [3.05, 3.63) is 69.6 Å². The molecular formula is C18H14N4O6. The summed E-state index contributed by atoms with van der Waals surface area (Å²) in [7, 11) is 0. The van der Waals surface area contributed by atoms with Crippen LogP contribution in [0.1, 0.15) is 17.0 Å². The standard InChI is InChI=1S/C18H14N4O6/c23-16(8-11-1-4-13(5-2-11)22(24)25)19-18-21-20-17(28-18)9-12-3-6-14-15(7-12)27-10-26-14/h1-7H,8-10H2,(H,19,21,23). The van der Waals surface area contributed by atoms with Gasteiger partial charge in [0.15, 0.2) is 11.5 Å². The summed E-state index contributed by atoms with van der Waals surface area (Å²) in [4.78, 5) is 22.2. The summed E-state index contributed by atoms with van der Waals surface area (Å²) in [6.07, 6.45) is 0.403. The molecule has 0 radical (unpaired) electrons. The van der Waals surface area contributed by atoms with Gasteiger partial charge in [-0.15, -0.1) is 5.10 Å². The van der Waals surface area contributed by atoms with Crippen molar-refractivity contribution in [2.45, 2.75) is 12.8 Å². The fraction of sp³-hybridized carbons (Fsp3) is 0.167. The lowest BCUT2D eigenvalue weighted by molar-refractivity contribution is -0.384. The predicted molar refractivity (Wildman–Crippen MR) is 95.1 cm³/mol. The minimum Gasteiger partial charge on any atom is -0.454 e. The molecule has 142 valence electrons. The van der Waals surface area contributed by atoms with Crippen molar-refractivity contribution in [2.75, 3.05) is 12.1 Å². The number of non-ortho nitro benzene ring substituents is 1. The van der Waals surface area contributed by atoms with Crippen LogP contribution >= 0.6 is 0 Å². The van der Waals surface area contributed by atoms with Gasteiger partial charge >= 0.3 is 6.01 Å². The summed E-state index contributed by atoms with van der Waals surface area (Å²) in [5.74, 6) is 1.32. The number of benzene rings is 2. The maximum Gasteiger partial charge on any atom is 0.322 e. The number of ether oxygens (including phenoxy) is 2. The van der Waals surface area contributed by atoms with Crippen LogP contribution in [-0.4, -0.2) is 27.8 Å². The Morgan fingerprint density at radius 1 is 1.07 bits per heavy atom. The number of anilines is 1. The van der Waals surface area contributed by atoms with E-state index in [9.17, 15) is 14.9 Å². The van der Waals surface area contributed by atoms with Crippen LogP contribution in [0.15, 0.2) is 46.9 Å². The van der Waals surface area contributed by atoms with Gasteiger partial charge in [-0.05, 0) is 23.3 Å². The third-order valence-electron chi connectivity index (χ3n) is 4.02. The molecule has 0 atom stereocenters. The molecule has 0 spiro atoms. The van der Waals surface area contributed by atoms with Crippen LogP contribution in [-0.2, 0) is 17.6 Å². The summed E-state index contributed by atoms with van der Waals surface area (Å²) in [5.41, 5.74) is 1.49. The largest absolute Gasteiger partial charge is 0.454 e. The Bertz CT molecular complexity index is 1030. The summed E-state index contributed by atoms with van der Waals surface area (Å²) < 4.78 is 16.0. The summed E-state index contributed by atoms with van der Waals surface area (Å²) >= 11 is 0. The molecular weight excluding hydrogens is 368 g/mol. The average molecular weight is 382 g/mol. The number of nitrogens with one attached hydrogen (secondary N) is 1. The molecule has 3 aromatic rings. The van der Waals surface area contributed by atoms with E-state index in [0.29, 0.717) is 29.4 Å². The van der Waals surface area contributed by atoms with E-state index in [4.69, 9.17) is 13.9 Å². The number of nitro groups is 1. The Morgan fingerprint density at radius 3 is 2.61 bits per heavy atom. The van der Waals surface area contributed by atoms with Crippen LogP contribution < -0.4 is 14.8 Å². The highest BCUT2D eigenvalue weighted by Crippen LogP contribution is 2.33. The molecule has 0 bridgehead atoms. The number of hydrogen-bond donors (Lipinski definition) is 1. The fourth-order valence-corrected chi connectivity index (χ4v) is 2.69. The average Bonchev–Trinajstić information content (AvgIpc) is 3.31. The summed E-state index contributed by atoms with van der Waals surface area (Å²) in [6.45, 7) is 0.199. The van der Waals surface area contributed by atoms with Gasteiger partial charge in [-0.1, -0.05) is 23.3 Å². The molecule has 1 aliphatic heterocycles. The number of carbonyl (C=O) groups is 1. The maximum atomic E-state index is 12.1. The summed E-state index contributed by atoms with van der Waals surface area (Å²) in [5, 5.41) is 20.9. The molecule has 0 fully saturated rings. The van der Waals surface area contributed by atoms with Crippen LogP contribution in [0.3, 0.4) is 0 Å². The Kier molecular flexibility index (Phi) is 4.58. The van der Waals surface area contributed by atoms with E-state index in [1.165, 1.54) is 24.3 Å². The van der Waals surface area contributed by atoms with Crippen molar-refractivity contribution in [3.8, 4) is 11.5 Å². The number of amides is 1. The number of rotatable bonds is 6. The highest BCUT2D eigenvalue weighted by Gasteiger charge is 2.16. The fourth-order valence-electron chi connectivity index (χ4n) is 2.69. The highest BCUT2D eigenvalue weighted by molar-refractivity contribution is 5.90. The zero-order valence-corrected chi connectivity index (χ0v) is 14.5. The van der Waals surface area contributed by atoms with E-state index in [-0.39, 0.29) is 30.8 Å². The smallest absolute Gasteiger partial charge is 0.322 e. The second kappa shape index (κ2) is 7.35. The first kappa shape index (κ1) is 17.5. The maximum absolute atomic E-state index is 12.1. The number of nitro benzene ring substituents is 1. The first-order valence-corrected chi connectivity index (χ1v) is 8.31. The first-order valence-electron chi connectivity index (χ1n) is 8.31. The molecule has 2 heterocycles. The van der Waals surface area contributed by atoms with Crippen LogP contribution in [0.25, 0.3) is 0 Å². The minimum absolute atomic E-state index is 0.0114. The van der Waals surface area contributed by atoms with Crippen molar-refractivity contribution in [1.29, 1.82) is 0 Å². The number of carbonyl (C=O) groups excluding carboxylic acids is 1. The number of fused-ring (bicyclic) bond motifs is 1. The monoisotopic (exact) mass is 382 g/mol. The van der Waals surface area contributed by atoms with E-state index < -0.39 is 4.92 Å². The number of aromatic nitrogens is 2. The topological polar surface area (TPSA) is 130 Å². The minimum atomic E-state index is -0.496. The van der Waals surface area contributed by atoms with Crippen LogP contribution in [0.5, 0.6) is 11.5 Å². The molecule has 28 heavy (non-hydrogen) atoms. The third kappa shape index (κ3) is 3.90. The van der Waals surface area contributed by atoms with Crippen molar-refractivity contribution < 1.29 is 23.6 Å². The van der Waals surface area contributed by atoms with Gasteiger partial charge in [0.25, 0.3) is 5.69 Å². The van der Waals surface area contributed by atoms with Gasteiger partial charge in [0.05, 0.1) is 17.8 Å². The third-order valence-corrected chi connectivity index (χ3v) is 4.02. The molecule has 10 nitrogen and oxygen atoms in total. The normalized spacial score (nSPS) is 12.0. The second-order valence-electron chi connectivity index (χ2n) is 6.01. The molecule has 0 unspecified atom stereocenters. The molecule has 1 aliphatic rings. The van der Waals surface area contributed by atoms with E-state index in [1.54, 1.807) is 6.07 Å². The Labute approximate surface area is 158 Å². The molecule has 0 saturated carbocycles. The van der Waals surface area contributed by atoms with Crippen LogP contribution in [0.2, 0.25) is 0 Å². The lowest BCUT2D eigenvalue weighted by Crippen LogP contribution is -2.14. The van der Waals surface area contributed by atoms with Crippen molar-refractivity contribution in [2.24, 2.45) is 0 Å². The van der Waals surface area contributed by atoms with Gasteiger partial charge in [0.1, 0.15) is 0 Å². The lowest BCUT2D eigenvalue weighted by atomic mass is 10.1. The second-order valence-corrected chi connectivity index (χ2v) is 6.01. The lowest BCUT2D eigenvalue weighted by Gasteiger charge is -2.01. The Balaban J connectivity index is 1.35. The van der Waals surface area contributed by atoms with E-state index >= 15 is 0 Å². The Morgan fingerprint density at radius 2 is 1.82 bits per heavy atom. The van der Waals surface area contributed by atoms with Gasteiger partial charge in [-0.25, -0.2) is 0 Å². The number of hydrogen-bond acceptors (Lipinski definition) is 8.